The van der Waals surface area contributed by atoms with Gasteiger partial charge < -0.3 is 10.5 Å². The molecule has 0 saturated heterocycles. The fourth-order valence-electron chi connectivity index (χ4n) is 3.73. The van der Waals surface area contributed by atoms with E-state index < -0.39 is 0 Å². The summed E-state index contributed by atoms with van der Waals surface area (Å²) in [4.78, 5) is 0. The van der Waals surface area contributed by atoms with Crippen molar-refractivity contribution in [1.29, 1.82) is 5.26 Å². The number of nitriles is 1. The molecule has 0 aliphatic carbocycles. The van der Waals surface area contributed by atoms with Crippen molar-refractivity contribution in [1.82, 2.24) is 10.2 Å². The lowest BCUT2D eigenvalue weighted by Gasteiger charge is -2.24. The molecule has 2 aromatic carbocycles. The van der Waals surface area contributed by atoms with E-state index in [4.69, 9.17) is 10.5 Å². The van der Waals surface area contributed by atoms with Gasteiger partial charge in [-0.25, -0.2) is 0 Å². The summed E-state index contributed by atoms with van der Waals surface area (Å²) in [6.45, 7) is 4.42. The van der Waals surface area contributed by atoms with E-state index in [0.29, 0.717) is 17.4 Å². The highest BCUT2D eigenvalue weighted by Gasteiger charge is 2.35. The van der Waals surface area contributed by atoms with Crippen molar-refractivity contribution in [2.75, 3.05) is 0 Å². The highest BCUT2D eigenvalue weighted by Crippen LogP contribution is 2.45. The Balaban J connectivity index is 1.82. The topological polar surface area (TPSA) is 87.7 Å². The minimum atomic E-state index is -0.346. The summed E-state index contributed by atoms with van der Waals surface area (Å²) in [5.74, 6) is 0.761. The number of halogens is 1. The van der Waals surface area contributed by atoms with E-state index in [1.165, 1.54) is 5.56 Å². The van der Waals surface area contributed by atoms with E-state index in [1.807, 2.05) is 24.3 Å². The number of hydrogen-bond acceptors (Lipinski definition) is 4. The van der Waals surface area contributed by atoms with Crippen molar-refractivity contribution in [3.63, 3.8) is 0 Å². The van der Waals surface area contributed by atoms with Crippen LogP contribution in [0.5, 0.6) is 5.88 Å². The van der Waals surface area contributed by atoms with Gasteiger partial charge in [-0.05, 0) is 35.6 Å². The molecule has 1 atom stereocenters. The van der Waals surface area contributed by atoms with Crippen LogP contribution in [-0.2, 0) is 6.42 Å². The average molecular weight is 449 g/mol. The lowest BCUT2D eigenvalue weighted by atomic mass is 9.83. The molecule has 1 aliphatic heterocycles. The zero-order chi connectivity index (χ0) is 20.5. The molecule has 0 bridgehead atoms. The number of nitrogens with one attached hydrogen (secondary N) is 1. The number of allylic oxidation sites excluding steroid dienone is 1. The molecule has 1 aliphatic rings. The number of ether oxygens (including phenoxy) is 1. The highest BCUT2D eigenvalue weighted by molar-refractivity contribution is 9.10. The van der Waals surface area contributed by atoms with Crippen LogP contribution in [-0.4, -0.2) is 10.2 Å². The molecule has 5 nitrogen and oxygen atoms in total. The number of nitrogens with two attached hydrogens (primary N) is 1. The van der Waals surface area contributed by atoms with E-state index in [1.54, 1.807) is 0 Å². The van der Waals surface area contributed by atoms with Crippen molar-refractivity contribution in [2.45, 2.75) is 26.2 Å². The Hall–Kier alpha value is -3.04. The maximum Gasteiger partial charge on any atom is 0.244 e. The van der Waals surface area contributed by atoms with Crippen molar-refractivity contribution in [3.8, 4) is 23.2 Å². The Labute approximate surface area is 178 Å². The molecule has 3 aromatic rings. The van der Waals surface area contributed by atoms with Crippen LogP contribution in [0.25, 0.3) is 11.3 Å². The first kappa shape index (κ1) is 19.3. The fraction of sp³-hybridized carbons (Fsp3) is 0.217. The monoisotopic (exact) mass is 448 g/mol. The average Bonchev–Trinajstić information content (AvgIpc) is 3.11. The number of fused-ring (bicyclic) bond motifs is 1. The minimum absolute atomic E-state index is 0.0956. The predicted octanol–water partition coefficient (Wildman–Crippen LogP) is 5.26. The normalized spacial score (nSPS) is 15.8. The van der Waals surface area contributed by atoms with Gasteiger partial charge in [0.2, 0.25) is 11.8 Å². The second-order valence-corrected chi connectivity index (χ2v) is 8.50. The van der Waals surface area contributed by atoms with Crippen LogP contribution >= 0.6 is 15.9 Å². The summed E-state index contributed by atoms with van der Waals surface area (Å²) >= 11 is 3.47. The first-order valence-electron chi connectivity index (χ1n) is 9.48. The van der Waals surface area contributed by atoms with Gasteiger partial charge in [0.25, 0.3) is 0 Å². The van der Waals surface area contributed by atoms with Gasteiger partial charge in [0.05, 0.1) is 17.2 Å². The van der Waals surface area contributed by atoms with Crippen LogP contribution < -0.4 is 10.5 Å². The Kier molecular flexibility index (Phi) is 5.16. The number of aromatic nitrogens is 2. The molecule has 146 valence electrons. The van der Waals surface area contributed by atoms with Crippen LogP contribution in [0.2, 0.25) is 0 Å². The Morgan fingerprint density at radius 2 is 1.86 bits per heavy atom. The number of H-pyrrole nitrogens is 1. The molecule has 0 spiro atoms. The molecule has 1 aromatic heterocycles. The standard InChI is InChI=1S/C23H21BrN4O/c1-13(2)11-14-3-5-16(6-4-14)21-20-19(15-7-9-17(24)10-8-15)18(12-25)22(26)29-23(20)28-27-21/h3-10,13,19H,11,26H2,1-2H3,(H,27,28). The van der Waals surface area contributed by atoms with Crippen molar-refractivity contribution >= 4 is 15.9 Å². The summed E-state index contributed by atoms with van der Waals surface area (Å²) in [5, 5.41) is 17.2. The highest BCUT2D eigenvalue weighted by atomic mass is 79.9. The van der Waals surface area contributed by atoms with Crippen LogP contribution in [0, 0.1) is 17.2 Å². The van der Waals surface area contributed by atoms with Gasteiger partial charge >= 0.3 is 0 Å². The van der Waals surface area contributed by atoms with Crippen molar-refractivity contribution in [2.24, 2.45) is 11.7 Å². The molecular weight excluding hydrogens is 428 g/mol. The van der Waals surface area contributed by atoms with Crippen LogP contribution in [0.1, 0.15) is 36.5 Å². The molecule has 3 N–H and O–H groups in total. The van der Waals surface area contributed by atoms with E-state index >= 15 is 0 Å². The maximum absolute atomic E-state index is 9.78. The fourth-order valence-corrected chi connectivity index (χ4v) is 4.00. The minimum Gasteiger partial charge on any atom is -0.420 e. The van der Waals surface area contributed by atoms with Crippen molar-refractivity contribution in [3.05, 3.63) is 81.2 Å². The lowest BCUT2D eigenvalue weighted by molar-refractivity contribution is 0.379. The summed E-state index contributed by atoms with van der Waals surface area (Å²) in [7, 11) is 0. The van der Waals surface area contributed by atoms with Gasteiger partial charge in [-0.1, -0.05) is 66.2 Å². The van der Waals surface area contributed by atoms with Crippen LogP contribution in [0.4, 0.5) is 0 Å². The quantitative estimate of drug-likeness (QED) is 0.569. The summed E-state index contributed by atoms with van der Waals surface area (Å²) in [6, 6.07) is 18.5. The third-order valence-corrected chi connectivity index (χ3v) is 5.56. The van der Waals surface area contributed by atoms with Gasteiger partial charge in [-0.15, -0.1) is 5.10 Å². The predicted molar refractivity (Wildman–Crippen MR) is 116 cm³/mol. The van der Waals surface area contributed by atoms with Gasteiger partial charge in [0, 0.05) is 10.0 Å². The molecule has 29 heavy (non-hydrogen) atoms. The Morgan fingerprint density at radius 1 is 1.17 bits per heavy atom. The number of aromatic amines is 1. The van der Waals surface area contributed by atoms with Crippen molar-refractivity contribution < 1.29 is 4.74 Å². The number of hydrogen-bond donors (Lipinski definition) is 2. The van der Waals surface area contributed by atoms with E-state index in [0.717, 1.165) is 33.3 Å². The van der Waals surface area contributed by atoms with Gasteiger partial charge in [0.15, 0.2) is 0 Å². The number of nitrogens with zero attached hydrogens (tertiary/aromatic N) is 2. The largest absolute Gasteiger partial charge is 0.420 e. The smallest absolute Gasteiger partial charge is 0.244 e. The first-order valence-corrected chi connectivity index (χ1v) is 10.3. The molecule has 2 heterocycles. The van der Waals surface area contributed by atoms with Gasteiger partial charge in [-0.3, -0.25) is 5.10 Å². The first-order chi connectivity index (χ1) is 14.0. The van der Waals surface area contributed by atoms with E-state index in [2.05, 4.69) is 70.3 Å². The zero-order valence-electron chi connectivity index (χ0n) is 16.2. The molecular formula is C23H21BrN4O. The SMILES string of the molecule is CC(C)Cc1ccc(-c2[nH]nc3c2C(c2ccc(Br)cc2)C(C#N)=C(N)O3)cc1. The van der Waals surface area contributed by atoms with E-state index in [9.17, 15) is 5.26 Å². The molecule has 0 radical (unpaired) electrons. The lowest BCUT2D eigenvalue weighted by Crippen LogP contribution is -2.20. The second kappa shape index (κ2) is 7.76. The number of benzene rings is 2. The summed E-state index contributed by atoms with van der Waals surface area (Å²) < 4.78 is 6.64. The third kappa shape index (κ3) is 3.66. The van der Waals surface area contributed by atoms with Gasteiger partial charge in [0.1, 0.15) is 11.6 Å². The summed E-state index contributed by atoms with van der Waals surface area (Å²) in [5.41, 5.74) is 11.3. The third-order valence-electron chi connectivity index (χ3n) is 5.03. The molecule has 0 amide bonds. The maximum atomic E-state index is 9.78. The molecule has 0 fully saturated rings. The molecule has 4 rings (SSSR count). The summed E-state index contributed by atoms with van der Waals surface area (Å²) in [6.07, 6.45) is 1.03. The second-order valence-electron chi connectivity index (χ2n) is 7.59. The zero-order valence-corrected chi connectivity index (χ0v) is 17.8. The Bertz CT molecular complexity index is 1110. The molecule has 0 saturated carbocycles. The number of rotatable bonds is 4. The van der Waals surface area contributed by atoms with Gasteiger partial charge in [-0.2, -0.15) is 5.26 Å². The van der Waals surface area contributed by atoms with Crippen LogP contribution in [0.15, 0.2) is 64.5 Å². The van der Waals surface area contributed by atoms with E-state index in [-0.39, 0.29) is 11.8 Å². The Morgan fingerprint density at radius 3 is 2.48 bits per heavy atom. The molecule has 1 unspecified atom stereocenters. The van der Waals surface area contributed by atoms with Crippen LogP contribution in [0.3, 0.4) is 0 Å². The molecule has 6 heteroatoms.